The molecular formula is C40H84O6SSi. The van der Waals surface area contributed by atoms with Gasteiger partial charge in [-0.3, -0.25) is 0 Å². The van der Waals surface area contributed by atoms with Crippen molar-refractivity contribution in [1.29, 1.82) is 0 Å². The van der Waals surface area contributed by atoms with Gasteiger partial charge in [0.15, 0.2) is 8.32 Å². The highest BCUT2D eigenvalue weighted by Crippen LogP contribution is 2.24. The van der Waals surface area contributed by atoms with Crippen LogP contribution < -0.4 is 0 Å². The largest absolute Gasteiger partial charge is 0.415 e. The van der Waals surface area contributed by atoms with Crippen molar-refractivity contribution in [2.75, 3.05) is 78.4 Å². The van der Waals surface area contributed by atoms with Crippen LogP contribution in [-0.4, -0.2) is 86.7 Å². The van der Waals surface area contributed by atoms with Gasteiger partial charge in [0.05, 0.1) is 66.1 Å². The summed E-state index contributed by atoms with van der Waals surface area (Å²) in [4.78, 5) is 0. The molecule has 0 aromatic carbocycles. The van der Waals surface area contributed by atoms with Crippen LogP contribution in [0.1, 0.15) is 162 Å². The molecule has 290 valence electrons. The van der Waals surface area contributed by atoms with Crippen LogP contribution in [0.5, 0.6) is 0 Å². The third-order valence-corrected chi connectivity index (χ3v) is 13.3. The molecule has 0 spiro atoms. The van der Waals surface area contributed by atoms with Crippen molar-refractivity contribution < 1.29 is 28.1 Å². The molecule has 0 aliphatic carbocycles. The van der Waals surface area contributed by atoms with Gasteiger partial charge in [0.2, 0.25) is 0 Å². The fourth-order valence-electron chi connectivity index (χ4n) is 6.08. The Morgan fingerprint density at radius 1 is 0.333 bits per heavy atom. The monoisotopic (exact) mass is 721 g/mol. The van der Waals surface area contributed by atoms with Gasteiger partial charge in [-0.1, -0.05) is 149 Å². The minimum Gasteiger partial charge on any atom is -0.415 e. The molecule has 1 atom stereocenters. The Hall–Kier alpha value is 0.327. The van der Waals surface area contributed by atoms with E-state index in [9.17, 15) is 0 Å². The normalized spacial score (nSPS) is 13.0. The molecule has 0 aromatic rings. The first-order chi connectivity index (χ1) is 23.7. The minimum absolute atomic E-state index is 0.579. The Kier molecular flexibility index (Phi) is 42.0. The summed E-state index contributed by atoms with van der Waals surface area (Å²) in [6.45, 7) is 14.0. The van der Waals surface area contributed by atoms with Crippen molar-refractivity contribution >= 4 is 20.9 Å². The van der Waals surface area contributed by atoms with Gasteiger partial charge in [-0.15, -0.1) is 0 Å². The molecule has 0 saturated carbocycles. The Bertz CT molecular complexity index is 590. The van der Waals surface area contributed by atoms with E-state index in [-0.39, 0.29) is 0 Å². The molecular weight excluding hydrogens is 637 g/mol. The molecule has 0 heterocycles. The standard InChI is InChI=1S/C40H84O6SSi/c1-4-6-8-10-12-14-16-18-20-22-24-27-41-28-29-42-30-31-43-32-33-44-34-35-45-36-37-46-48(3,40-26-38-47)39-25-23-21-19-17-15-13-11-9-7-5-2/h47H,4-40H2,1-3H3. The van der Waals surface area contributed by atoms with E-state index < -0.39 is 8.32 Å². The summed E-state index contributed by atoms with van der Waals surface area (Å²) < 4.78 is 34.8. The lowest BCUT2D eigenvalue weighted by Crippen LogP contribution is -2.35. The van der Waals surface area contributed by atoms with Crippen LogP contribution in [-0.2, 0) is 28.1 Å². The minimum atomic E-state index is -1.68. The van der Waals surface area contributed by atoms with Gasteiger partial charge in [-0.2, -0.15) is 12.6 Å². The lowest BCUT2D eigenvalue weighted by Gasteiger charge is -2.27. The molecule has 0 aliphatic rings. The van der Waals surface area contributed by atoms with E-state index in [4.69, 9.17) is 28.1 Å². The van der Waals surface area contributed by atoms with Gasteiger partial charge >= 0.3 is 0 Å². The van der Waals surface area contributed by atoms with Crippen molar-refractivity contribution in [1.82, 2.24) is 0 Å². The maximum Gasteiger partial charge on any atom is 0.189 e. The highest BCUT2D eigenvalue weighted by Gasteiger charge is 2.27. The summed E-state index contributed by atoms with van der Waals surface area (Å²) in [5.41, 5.74) is 0. The van der Waals surface area contributed by atoms with Gasteiger partial charge in [0.25, 0.3) is 0 Å². The fourth-order valence-corrected chi connectivity index (χ4v) is 9.58. The number of ether oxygens (including phenoxy) is 5. The zero-order chi connectivity index (χ0) is 34.9. The summed E-state index contributed by atoms with van der Waals surface area (Å²) in [6, 6.07) is 2.47. The van der Waals surface area contributed by atoms with Crippen LogP contribution in [0.25, 0.3) is 0 Å². The fraction of sp³-hybridized carbons (Fsp3) is 1.00. The van der Waals surface area contributed by atoms with E-state index >= 15 is 0 Å². The van der Waals surface area contributed by atoms with Gasteiger partial charge in [0, 0.05) is 6.61 Å². The summed E-state index contributed by atoms with van der Waals surface area (Å²) in [5.74, 6) is 0.948. The average molecular weight is 721 g/mol. The van der Waals surface area contributed by atoms with Crippen LogP contribution in [0.3, 0.4) is 0 Å². The number of thiol groups is 1. The molecule has 0 saturated heterocycles. The van der Waals surface area contributed by atoms with Gasteiger partial charge in [0.1, 0.15) is 0 Å². The zero-order valence-corrected chi connectivity index (χ0v) is 34.5. The lowest BCUT2D eigenvalue weighted by molar-refractivity contribution is -0.0130. The van der Waals surface area contributed by atoms with E-state index in [0.717, 1.165) is 25.2 Å². The van der Waals surface area contributed by atoms with Crippen LogP contribution in [0.15, 0.2) is 0 Å². The molecule has 0 bridgehead atoms. The SMILES string of the molecule is CCCCCCCCCCCCCOCCOCCOCCOCCOCCO[Si](C)(CCCS)CCCCCCCCCCCCC. The average Bonchev–Trinajstić information content (AvgIpc) is 3.09. The number of hydrogen-bond donors (Lipinski definition) is 1. The summed E-state index contributed by atoms with van der Waals surface area (Å²) in [6.07, 6.45) is 31.4. The first kappa shape index (κ1) is 48.3. The second-order valence-electron chi connectivity index (χ2n) is 14.0. The Balaban J connectivity index is 3.44. The van der Waals surface area contributed by atoms with Crippen LogP contribution in [0, 0.1) is 0 Å². The van der Waals surface area contributed by atoms with Crippen LogP contribution >= 0.6 is 12.6 Å². The lowest BCUT2D eigenvalue weighted by atomic mass is 10.1. The summed E-state index contributed by atoms with van der Waals surface area (Å²) in [5, 5.41) is 0. The smallest absolute Gasteiger partial charge is 0.189 e. The van der Waals surface area contributed by atoms with Crippen molar-refractivity contribution in [2.24, 2.45) is 0 Å². The predicted octanol–water partition coefficient (Wildman–Crippen LogP) is 11.6. The highest BCUT2D eigenvalue weighted by atomic mass is 32.1. The third-order valence-electron chi connectivity index (χ3n) is 9.23. The first-order valence-corrected chi connectivity index (χ1v) is 24.3. The maximum atomic E-state index is 6.48. The first-order valence-electron chi connectivity index (χ1n) is 20.8. The van der Waals surface area contributed by atoms with E-state index in [0.29, 0.717) is 66.1 Å². The van der Waals surface area contributed by atoms with Gasteiger partial charge < -0.3 is 28.1 Å². The number of rotatable bonds is 43. The highest BCUT2D eigenvalue weighted by molar-refractivity contribution is 7.80. The van der Waals surface area contributed by atoms with Crippen molar-refractivity contribution in [3.8, 4) is 0 Å². The molecule has 6 nitrogen and oxygen atoms in total. The van der Waals surface area contributed by atoms with Crippen molar-refractivity contribution in [2.45, 2.75) is 180 Å². The van der Waals surface area contributed by atoms with Crippen molar-refractivity contribution in [3.05, 3.63) is 0 Å². The van der Waals surface area contributed by atoms with E-state index in [1.807, 2.05) is 0 Å². The number of hydrogen-bond acceptors (Lipinski definition) is 7. The molecule has 1 unspecified atom stereocenters. The van der Waals surface area contributed by atoms with Crippen molar-refractivity contribution in [3.63, 3.8) is 0 Å². The topological polar surface area (TPSA) is 55.4 Å². The molecule has 48 heavy (non-hydrogen) atoms. The van der Waals surface area contributed by atoms with Crippen LogP contribution in [0.2, 0.25) is 18.6 Å². The second-order valence-corrected chi connectivity index (χ2v) is 18.6. The molecule has 0 aliphatic heterocycles. The van der Waals surface area contributed by atoms with Crippen LogP contribution in [0.4, 0.5) is 0 Å². The molecule has 0 aromatic heterocycles. The molecule has 0 amide bonds. The Morgan fingerprint density at radius 2 is 0.625 bits per heavy atom. The summed E-state index contributed by atoms with van der Waals surface area (Å²) >= 11 is 4.45. The molecule has 0 N–H and O–H groups in total. The third kappa shape index (κ3) is 39.1. The van der Waals surface area contributed by atoms with E-state index in [1.54, 1.807) is 0 Å². The Labute approximate surface area is 306 Å². The summed E-state index contributed by atoms with van der Waals surface area (Å²) in [7, 11) is -1.68. The molecule has 0 fully saturated rings. The molecule has 8 heteroatoms. The van der Waals surface area contributed by atoms with E-state index in [2.05, 4.69) is 33.0 Å². The van der Waals surface area contributed by atoms with E-state index in [1.165, 1.54) is 147 Å². The zero-order valence-electron chi connectivity index (χ0n) is 32.6. The number of unbranched alkanes of at least 4 members (excludes halogenated alkanes) is 20. The van der Waals surface area contributed by atoms with Gasteiger partial charge in [-0.25, -0.2) is 0 Å². The Morgan fingerprint density at radius 3 is 1.00 bits per heavy atom. The molecule has 0 rings (SSSR count). The van der Waals surface area contributed by atoms with Gasteiger partial charge in [-0.05, 0) is 37.2 Å². The quantitative estimate of drug-likeness (QED) is 0.0384. The maximum absolute atomic E-state index is 6.48. The molecule has 0 radical (unpaired) electrons. The predicted molar refractivity (Wildman–Crippen MR) is 213 cm³/mol. The second kappa shape index (κ2) is 41.7.